The van der Waals surface area contributed by atoms with Crippen molar-refractivity contribution in [1.29, 1.82) is 0 Å². The third-order valence-electron chi connectivity index (χ3n) is 2.34. The van der Waals surface area contributed by atoms with Gasteiger partial charge in [0.1, 0.15) is 11.4 Å². The number of hydrogen-bond acceptors (Lipinski definition) is 5. The number of amides is 1. The lowest BCUT2D eigenvalue weighted by atomic mass is 10.1. The monoisotopic (exact) mass is 391 g/mol. The van der Waals surface area contributed by atoms with E-state index in [1.807, 2.05) is 0 Å². The van der Waals surface area contributed by atoms with Crippen LogP contribution in [0.3, 0.4) is 0 Å². The number of aldehydes is 1. The number of anilines is 1. The normalized spacial score (nSPS) is 10.8. The lowest BCUT2D eigenvalue weighted by Crippen LogP contribution is -2.32. The van der Waals surface area contributed by atoms with E-state index in [4.69, 9.17) is 4.74 Å². The summed E-state index contributed by atoms with van der Waals surface area (Å²) in [6.07, 6.45) is 1.85. The predicted octanol–water partition coefficient (Wildman–Crippen LogP) is 2.57. The molecule has 0 atom stereocenters. The number of aromatic nitrogens is 1. The van der Waals surface area contributed by atoms with E-state index >= 15 is 0 Å². The van der Waals surface area contributed by atoms with Crippen molar-refractivity contribution in [3.63, 3.8) is 0 Å². The van der Waals surface area contributed by atoms with Crippen LogP contribution in [-0.2, 0) is 11.3 Å². The Balaban J connectivity index is 2.87. The van der Waals surface area contributed by atoms with Gasteiger partial charge in [-0.25, -0.2) is 9.78 Å². The van der Waals surface area contributed by atoms with Crippen molar-refractivity contribution in [2.75, 3.05) is 12.4 Å². The number of hydrogen-bond donors (Lipinski definition) is 2. The number of nitrogens with zero attached hydrogens (tertiary/aromatic N) is 1. The topological polar surface area (TPSA) is 80.3 Å². The number of rotatable bonds is 4. The van der Waals surface area contributed by atoms with Gasteiger partial charge in [0.2, 0.25) is 0 Å². The largest absolute Gasteiger partial charge is 0.444 e. The summed E-state index contributed by atoms with van der Waals surface area (Å²) in [5, 5.41) is 5.49. The summed E-state index contributed by atoms with van der Waals surface area (Å²) in [6, 6.07) is 0. The summed E-state index contributed by atoms with van der Waals surface area (Å²) in [5.74, 6) is 0.487. The fourth-order valence-electron chi connectivity index (χ4n) is 1.52. The molecule has 0 aliphatic heterocycles. The average molecular weight is 391 g/mol. The highest BCUT2D eigenvalue weighted by molar-refractivity contribution is 14.1. The van der Waals surface area contributed by atoms with E-state index in [0.717, 1.165) is 9.86 Å². The zero-order valence-corrected chi connectivity index (χ0v) is 14.1. The van der Waals surface area contributed by atoms with Gasteiger partial charge in [0, 0.05) is 28.9 Å². The molecule has 0 fully saturated rings. The van der Waals surface area contributed by atoms with Crippen LogP contribution in [0, 0.1) is 3.57 Å². The second kappa shape index (κ2) is 6.87. The van der Waals surface area contributed by atoms with Gasteiger partial charge in [-0.1, -0.05) is 0 Å². The van der Waals surface area contributed by atoms with Crippen LogP contribution < -0.4 is 10.6 Å². The van der Waals surface area contributed by atoms with Gasteiger partial charge in [0.05, 0.1) is 5.56 Å². The van der Waals surface area contributed by atoms with Gasteiger partial charge in [0.25, 0.3) is 0 Å². The van der Waals surface area contributed by atoms with E-state index in [1.54, 1.807) is 34.0 Å². The van der Waals surface area contributed by atoms with Crippen LogP contribution in [0.2, 0.25) is 0 Å². The number of alkyl carbamates (subject to hydrolysis) is 1. The maximum atomic E-state index is 11.6. The van der Waals surface area contributed by atoms with Gasteiger partial charge in [-0.15, -0.1) is 0 Å². The Morgan fingerprint density at radius 1 is 1.50 bits per heavy atom. The molecule has 110 valence electrons. The van der Waals surface area contributed by atoms with E-state index in [0.29, 0.717) is 16.9 Å². The van der Waals surface area contributed by atoms with Crippen molar-refractivity contribution in [2.45, 2.75) is 32.9 Å². The lowest BCUT2D eigenvalue weighted by Gasteiger charge is -2.20. The maximum absolute atomic E-state index is 11.6. The third-order valence-corrected chi connectivity index (χ3v) is 3.27. The Kier molecular flexibility index (Phi) is 5.73. The fourth-order valence-corrected chi connectivity index (χ4v) is 2.14. The predicted molar refractivity (Wildman–Crippen MR) is 85.0 cm³/mol. The van der Waals surface area contributed by atoms with Gasteiger partial charge < -0.3 is 15.4 Å². The minimum atomic E-state index is -0.556. The molecule has 0 unspecified atom stereocenters. The van der Waals surface area contributed by atoms with Crippen molar-refractivity contribution < 1.29 is 14.3 Å². The summed E-state index contributed by atoms with van der Waals surface area (Å²) >= 11 is 2.08. The zero-order chi connectivity index (χ0) is 15.3. The molecule has 6 nitrogen and oxygen atoms in total. The molecule has 0 aliphatic carbocycles. The minimum Gasteiger partial charge on any atom is -0.444 e. The quantitative estimate of drug-likeness (QED) is 0.609. The first-order valence-electron chi connectivity index (χ1n) is 6.05. The molecule has 20 heavy (non-hydrogen) atoms. The highest BCUT2D eigenvalue weighted by atomic mass is 127. The number of nitrogens with one attached hydrogen (secondary N) is 2. The highest BCUT2D eigenvalue weighted by Gasteiger charge is 2.18. The van der Waals surface area contributed by atoms with E-state index in [1.165, 1.54) is 0 Å². The molecule has 1 heterocycles. The molecule has 7 heteroatoms. The molecule has 0 saturated heterocycles. The van der Waals surface area contributed by atoms with Crippen molar-refractivity contribution in [2.24, 2.45) is 0 Å². The van der Waals surface area contributed by atoms with Crippen LogP contribution in [0.15, 0.2) is 6.20 Å². The molecule has 0 bridgehead atoms. The molecule has 1 aromatic heterocycles. The summed E-state index contributed by atoms with van der Waals surface area (Å²) in [6.45, 7) is 5.58. The highest BCUT2D eigenvalue weighted by Crippen LogP contribution is 2.21. The minimum absolute atomic E-state index is 0.207. The number of ether oxygens (including phenoxy) is 1. The van der Waals surface area contributed by atoms with Crippen LogP contribution in [0.5, 0.6) is 0 Å². The van der Waals surface area contributed by atoms with Crippen LogP contribution in [0.4, 0.5) is 10.6 Å². The van der Waals surface area contributed by atoms with Crippen LogP contribution >= 0.6 is 22.6 Å². The molecule has 0 spiro atoms. The Labute approximate surface area is 131 Å². The average Bonchev–Trinajstić information content (AvgIpc) is 2.34. The van der Waals surface area contributed by atoms with E-state index in [2.05, 4.69) is 38.2 Å². The second-order valence-corrected chi connectivity index (χ2v) is 6.23. The van der Waals surface area contributed by atoms with Crippen molar-refractivity contribution >= 4 is 40.8 Å². The molecule has 0 saturated carbocycles. The molecule has 1 aromatic rings. The first-order valence-corrected chi connectivity index (χ1v) is 7.13. The lowest BCUT2D eigenvalue weighted by molar-refractivity contribution is 0.0523. The molecule has 1 amide bonds. The third kappa shape index (κ3) is 4.62. The first kappa shape index (κ1) is 16.7. The summed E-state index contributed by atoms with van der Waals surface area (Å²) < 4.78 is 5.96. The smallest absolute Gasteiger partial charge is 0.407 e. The Hall–Kier alpha value is -1.38. The van der Waals surface area contributed by atoms with Gasteiger partial charge in [0.15, 0.2) is 6.29 Å². The molecular weight excluding hydrogens is 373 g/mol. The van der Waals surface area contributed by atoms with E-state index in [9.17, 15) is 9.59 Å². The number of pyridine rings is 1. The molecule has 0 radical (unpaired) electrons. The van der Waals surface area contributed by atoms with Gasteiger partial charge in [-0.3, -0.25) is 4.79 Å². The molecule has 0 aliphatic rings. The molecular formula is C13H18IN3O3. The van der Waals surface area contributed by atoms with Crippen LogP contribution in [0.1, 0.15) is 36.7 Å². The van der Waals surface area contributed by atoms with E-state index in [-0.39, 0.29) is 6.54 Å². The van der Waals surface area contributed by atoms with Crippen molar-refractivity contribution in [1.82, 2.24) is 10.3 Å². The number of carbonyl (C=O) groups excluding carboxylic acids is 2. The first-order chi connectivity index (χ1) is 9.28. The van der Waals surface area contributed by atoms with Crippen LogP contribution in [0.25, 0.3) is 0 Å². The Morgan fingerprint density at radius 2 is 2.15 bits per heavy atom. The molecule has 2 N–H and O–H groups in total. The zero-order valence-electron chi connectivity index (χ0n) is 11.9. The molecule has 0 aromatic carbocycles. The van der Waals surface area contributed by atoms with E-state index < -0.39 is 11.7 Å². The van der Waals surface area contributed by atoms with Crippen LogP contribution in [-0.4, -0.2) is 30.0 Å². The summed E-state index contributed by atoms with van der Waals surface area (Å²) in [5.41, 5.74) is 0.598. The van der Waals surface area contributed by atoms with Gasteiger partial charge in [-0.05, 0) is 43.4 Å². The SMILES string of the molecule is CNc1ncc(I)c(CNC(=O)OC(C)(C)C)c1C=O. The summed E-state index contributed by atoms with van der Waals surface area (Å²) in [4.78, 5) is 27.0. The van der Waals surface area contributed by atoms with Crippen molar-refractivity contribution in [3.8, 4) is 0 Å². The summed E-state index contributed by atoms with van der Waals surface area (Å²) in [7, 11) is 1.69. The Bertz CT molecular complexity index is 512. The number of halogens is 1. The maximum Gasteiger partial charge on any atom is 0.407 e. The Morgan fingerprint density at radius 3 is 2.65 bits per heavy atom. The van der Waals surface area contributed by atoms with Gasteiger partial charge in [-0.2, -0.15) is 0 Å². The standard InChI is InChI=1S/C13H18IN3O3/c1-13(2,3)20-12(19)17-5-8-9(7-18)11(15-4)16-6-10(8)14/h6-7H,5H2,1-4H3,(H,15,16)(H,17,19). The number of carbonyl (C=O) groups is 2. The molecule has 1 rings (SSSR count). The van der Waals surface area contributed by atoms with Gasteiger partial charge >= 0.3 is 6.09 Å². The van der Waals surface area contributed by atoms with Crippen molar-refractivity contribution in [3.05, 3.63) is 20.9 Å². The fraction of sp³-hybridized carbons (Fsp3) is 0.462. The second-order valence-electron chi connectivity index (χ2n) is 5.07.